The minimum atomic E-state index is 0.0912. The SMILES string of the molecule is COC1CCCC(Oc2nnccc2C(N)=S)C1. The van der Waals surface area contributed by atoms with Crippen molar-refractivity contribution in [1.82, 2.24) is 10.2 Å². The summed E-state index contributed by atoms with van der Waals surface area (Å²) in [5, 5.41) is 7.78. The molecule has 6 heteroatoms. The maximum atomic E-state index is 5.86. The summed E-state index contributed by atoms with van der Waals surface area (Å²) in [6, 6.07) is 1.72. The lowest BCUT2D eigenvalue weighted by Crippen LogP contribution is -2.30. The number of aromatic nitrogens is 2. The van der Waals surface area contributed by atoms with Crippen molar-refractivity contribution in [1.29, 1.82) is 0 Å². The van der Waals surface area contributed by atoms with E-state index in [4.69, 9.17) is 27.4 Å². The zero-order chi connectivity index (χ0) is 13.0. The second kappa shape index (κ2) is 6.06. The summed E-state index contributed by atoms with van der Waals surface area (Å²) in [4.78, 5) is 0.277. The Morgan fingerprint density at radius 3 is 2.94 bits per heavy atom. The highest BCUT2D eigenvalue weighted by molar-refractivity contribution is 7.80. The van der Waals surface area contributed by atoms with E-state index >= 15 is 0 Å². The largest absolute Gasteiger partial charge is 0.473 e. The van der Waals surface area contributed by atoms with Gasteiger partial charge in [0.15, 0.2) is 0 Å². The normalized spacial score (nSPS) is 23.6. The van der Waals surface area contributed by atoms with Crippen molar-refractivity contribution in [3.8, 4) is 5.88 Å². The maximum absolute atomic E-state index is 5.86. The summed E-state index contributed by atoms with van der Waals surface area (Å²) >= 11 is 4.97. The fourth-order valence-corrected chi connectivity index (χ4v) is 2.33. The molecule has 0 bridgehead atoms. The predicted octanol–water partition coefficient (Wildman–Crippen LogP) is 1.45. The first kappa shape index (κ1) is 13.2. The van der Waals surface area contributed by atoms with E-state index in [1.807, 2.05) is 0 Å². The summed E-state index contributed by atoms with van der Waals surface area (Å²) < 4.78 is 11.2. The molecule has 0 radical (unpaired) electrons. The lowest BCUT2D eigenvalue weighted by molar-refractivity contribution is 0.0191. The smallest absolute Gasteiger partial charge is 0.244 e. The lowest BCUT2D eigenvalue weighted by Gasteiger charge is -2.28. The van der Waals surface area contributed by atoms with Gasteiger partial charge in [0.05, 0.1) is 17.9 Å². The van der Waals surface area contributed by atoms with Gasteiger partial charge in [0.1, 0.15) is 11.1 Å². The Labute approximate surface area is 112 Å². The molecule has 5 nitrogen and oxygen atoms in total. The van der Waals surface area contributed by atoms with Crippen LogP contribution in [-0.4, -0.2) is 34.5 Å². The van der Waals surface area contributed by atoms with E-state index in [0.717, 1.165) is 25.7 Å². The lowest BCUT2D eigenvalue weighted by atomic mass is 9.95. The molecule has 1 heterocycles. The molecule has 0 spiro atoms. The van der Waals surface area contributed by atoms with Gasteiger partial charge in [-0.25, -0.2) is 0 Å². The zero-order valence-corrected chi connectivity index (χ0v) is 11.2. The molecule has 0 aromatic carbocycles. The predicted molar refractivity (Wildman–Crippen MR) is 71.6 cm³/mol. The molecule has 1 aromatic rings. The Hall–Kier alpha value is -1.27. The molecule has 1 aromatic heterocycles. The molecule has 1 saturated carbocycles. The standard InChI is InChI=1S/C12H17N3O2S/c1-16-8-3-2-4-9(7-8)17-12-10(11(13)18)5-6-14-15-12/h5-6,8-9H,2-4,7H2,1H3,(H2,13,18). The van der Waals surface area contributed by atoms with Gasteiger partial charge in [-0.15, -0.1) is 5.10 Å². The Bertz CT molecular complexity index is 428. The van der Waals surface area contributed by atoms with E-state index in [0.29, 0.717) is 11.4 Å². The molecule has 18 heavy (non-hydrogen) atoms. The van der Waals surface area contributed by atoms with Crippen LogP contribution in [0.15, 0.2) is 12.3 Å². The molecule has 2 unspecified atom stereocenters. The second-order valence-electron chi connectivity index (χ2n) is 4.38. The number of hydrogen-bond acceptors (Lipinski definition) is 5. The van der Waals surface area contributed by atoms with Crippen LogP contribution in [0.1, 0.15) is 31.2 Å². The molecular weight excluding hydrogens is 250 g/mol. The molecule has 2 N–H and O–H groups in total. The van der Waals surface area contributed by atoms with E-state index in [1.54, 1.807) is 19.4 Å². The number of hydrogen-bond donors (Lipinski definition) is 1. The van der Waals surface area contributed by atoms with Crippen molar-refractivity contribution in [2.24, 2.45) is 5.73 Å². The van der Waals surface area contributed by atoms with Crippen LogP contribution in [0.25, 0.3) is 0 Å². The van der Waals surface area contributed by atoms with Gasteiger partial charge in [0.2, 0.25) is 5.88 Å². The molecule has 98 valence electrons. The fraction of sp³-hybridized carbons (Fsp3) is 0.583. The first-order chi connectivity index (χ1) is 8.70. The summed E-state index contributed by atoms with van der Waals surface area (Å²) in [6.07, 6.45) is 5.93. The molecular formula is C12H17N3O2S. The summed E-state index contributed by atoms with van der Waals surface area (Å²) in [5.74, 6) is 0.423. The Morgan fingerprint density at radius 2 is 2.22 bits per heavy atom. The molecule has 2 rings (SSSR count). The van der Waals surface area contributed by atoms with Crippen LogP contribution in [0, 0.1) is 0 Å². The monoisotopic (exact) mass is 267 g/mol. The average Bonchev–Trinajstić information content (AvgIpc) is 2.39. The van der Waals surface area contributed by atoms with E-state index in [9.17, 15) is 0 Å². The van der Waals surface area contributed by atoms with Gasteiger partial charge in [-0.05, 0) is 25.3 Å². The number of rotatable bonds is 4. The maximum Gasteiger partial charge on any atom is 0.244 e. The van der Waals surface area contributed by atoms with E-state index in [1.165, 1.54) is 0 Å². The molecule has 0 aliphatic heterocycles. The van der Waals surface area contributed by atoms with Crippen molar-refractivity contribution in [3.63, 3.8) is 0 Å². The van der Waals surface area contributed by atoms with E-state index in [-0.39, 0.29) is 17.2 Å². The third-order valence-corrected chi connectivity index (χ3v) is 3.36. The number of methoxy groups -OCH3 is 1. The van der Waals surface area contributed by atoms with Gasteiger partial charge in [-0.1, -0.05) is 12.2 Å². The zero-order valence-electron chi connectivity index (χ0n) is 10.3. The number of ether oxygens (including phenoxy) is 2. The average molecular weight is 267 g/mol. The number of nitrogens with two attached hydrogens (primary N) is 1. The summed E-state index contributed by atoms with van der Waals surface area (Å²) in [5.41, 5.74) is 6.27. The van der Waals surface area contributed by atoms with Crippen LogP contribution in [0.5, 0.6) is 5.88 Å². The Morgan fingerprint density at radius 1 is 1.44 bits per heavy atom. The van der Waals surface area contributed by atoms with Gasteiger partial charge < -0.3 is 15.2 Å². The second-order valence-corrected chi connectivity index (χ2v) is 4.82. The first-order valence-corrected chi connectivity index (χ1v) is 6.42. The first-order valence-electron chi connectivity index (χ1n) is 6.01. The van der Waals surface area contributed by atoms with Gasteiger partial charge in [-0.3, -0.25) is 0 Å². The molecule has 1 aliphatic rings. The van der Waals surface area contributed by atoms with Crippen molar-refractivity contribution in [3.05, 3.63) is 17.8 Å². The highest BCUT2D eigenvalue weighted by Gasteiger charge is 2.24. The van der Waals surface area contributed by atoms with Crippen molar-refractivity contribution in [2.45, 2.75) is 37.9 Å². The molecule has 0 amide bonds. The number of nitrogens with zero attached hydrogens (tertiary/aromatic N) is 2. The van der Waals surface area contributed by atoms with Crippen LogP contribution < -0.4 is 10.5 Å². The van der Waals surface area contributed by atoms with Crippen molar-refractivity contribution < 1.29 is 9.47 Å². The summed E-state index contributed by atoms with van der Waals surface area (Å²) in [6.45, 7) is 0. The van der Waals surface area contributed by atoms with Gasteiger partial charge in [-0.2, -0.15) is 5.10 Å². The van der Waals surface area contributed by atoms with Crippen molar-refractivity contribution in [2.75, 3.05) is 7.11 Å². The third-order valence-electron chi connectivity index (χ3n) is 3.14. The van der Waals surface area contributed by atoms with Crippen LogP contribution in [-0.2, 0) is 4.74 Å². The highest BCUT2D eigenvalue weighted by atomic mass is 32.1. The van der Waals surface area contributed by atoms with Crippen LogP contribution in [0.3, 0.4) is 0 Å². The third kappa shape index (κ3) is 3.14. The molecule has 0 saturated heterocycles. The van der Waals surface area contributed by atoms with Gasteiger partial charge >= 0.3 is 0 Å². The van der Waals surface area contributed by atoms with E-state index < -0.39 is 0 Å². The van der Waals surface area contributed by atoms with E-state index in [2.05, 4.69) is 10.2 Å². The molecule has 2 atom stereocenters. The van der Waals surface area contributed by atoms with Crippen molar-refractivity contribution >= 4 is 17.2 Å². The molecule has 1 aliphatic carbocycles. The number of thiocarbonyl (C=S) groups is 1. The minimum absolute atomic E-state index is 0.0912. The Balaban J connectivity index is 2.07. The fourth-order valence-electron chi connectivity index (χ4n) is 2.17. The van der Waals surface area contributed by atoms with Gasteiger partial charge in [0, 0.05) is 13.5 Å². The van der Waals surface area contributed by atoms with Crippen LogP contribution >= 0.6 is 12.2 Å². The highest BCUT2D eigenvalue weighted by Crippen LogP contribution is 2.25. The Kier molecular flexibility index (Phi) is 4.43. The molecule has 1 fully saturated rings. The van der Waals surface area contributed by atoms with Gasteiger partial charge in [0.25, 0.3) is 0 Å². The van der Waals surface area contributed by atoms with Crippen LogP contribution in [0.4, 0.5) is 0 Å². The van der Waals surface area contributed by atoms with Crippen LogP contribution in [0.2, 0.25) is 0 Å². The minimum Gasteiger partial charge on any atom is -0.473 e. The topological polar surface area (TPSA) is 70.3 Å². The quantitative estimate of drug-likeness (QED) is 0.833. The summed E-state index contributed by atoms with van der Waals surface area (Å²) in [7, 11) is 1.73.